The summed E-state index contributed by atoms with van der Waals surface area (Å²) in [5.74, 6) is 1.59. The molecular formula is C17H18O3. The number of ether oxygens (including phenoxy) is 1. The number of allylic oxidation sites excluding steroid dienone is 5. The van der Waals surface area contributed by atoms with E-state index in [1.54, 1.807) is 12.3 Å². The number of furan rings is 1. The lowest BCUT2D eigenvalue weighted by Gasteiger charge is -1.99. The zero-order chi connectivity index (χ0) is 14.4. The lowest BCUT2D eigenvalue weighted by molar-refractivity contribution is -0.117. The highest BCUT2D eigenvalue weighted by Gasteiger charge is 2.17. The second-order valence-corrected chi connectivity index (χ2v) is 4.77. The van der Waals surface area contributed by atoms with Crippen LogP contribution in [0.5, 0.6) is 0 Å². The molecule has 0 radical (unpaired) electrons. The van der Waals surface area contributed by atoms with Gasteiger partial charge in [-0.2, -0.15) is 0 Å². The van der Waals surface area contributed by atoms with Gasteiger partial charge in [-0.05, 0) is 29.9 Å². The van der Waals surface area contributed by atoms with E-state index in [2.05, 4.69) is 6.58 Å². The van der Waals surface area contributed by atoms with Gasteiger partial charge in [-0.15, -0.1) is 0 Å². The summed E-state index contributed by atoms with van der Waals surface area (Å²) in [6, 6.07) is 3.69. The van der Waals surface area contributed by atoms with Crippen LogP contribution in [0.15, 0.2) is 65.0 Å². The van der Waals surface area contributed by atoms with Crippen LogP contribution in [-0.2, 0) is 9.53 Å². The molecule has 0 aromatic carbocycles. The third-order valence-electron chi connectivity index (χ3n) is 2.85. The fraction of sp³-hybridized carbons (Fsp3) is 0.235. The van der Waals surface area contributed by atoms with Gasteiger partial charge in [-0.25, -0.2) is 0 Å². The molecule has 0 N–H and O–H groups in total. The van der Waals surface area contributed by atoms with Crippen LogP contribution < -0.4 is 0 Å². The molecule has 0 amide bonds. The van der Waals surface area contributed by atoms with E-state index in [0.717, 1.165) is 11.3 Å². The van der Waals surface area contributed by atoms with Crippen LogP contribution in [0.2, 0.25) is 0 Å². The SMILES string of the molecule is C=C(/C=C\CC(=O)C1=CC(C)CO1)/C=C/c1ccco1. The molecule has 1 unspecified atom stereocenters. The van der Waals surface area contributed by atoms with Gasteiger partial charge < -0.3 is 9.15 Å². The minimum absolute atomic E-state index is 0.00779. The Kier molecular flexibility index (Phi) is 4.77. The topological polar surface area (TPSA) is 39.4 Å². The molecule has 2 rings (SSSR count). The zero-order valence-corrected chi connectivity index (χ0v) is 11.5. The minimum Gasteiger partial charge on any atom is -0.490 e. The van der Waals surface area contributed by atoms with Crippen LogP contribution in [0.3, 0.4) is 0 Å². The predicted molar refractivity (Wildman–Crippen MR) is 78.8 cm³/mol. The lowest BCUT2D eigenvalue weighted by Crippen LogP contribution is -2.01. The predicted octanol–water partition coefficient (Wildman–Crippen LogP) is 3.91. The van der Waals surface area contributed by atoms with Crippen molar-refractivity contribution in [2.45, 2.75) is 13.3 Å². The number of carbonyl (C=O) groups excluding carboxylic acids is 1. The lowest BCUT2D eigenvalue weighted by atomic mass is 10.1. The first kappa shape index (κ1) is 14.1. The van der Waals surface area contributed by atoms with E-state index >= 15 is 0 Å². The number of hydrogen-bond donors (Lipinski definition) is 0. The smallest absolute Gasteiger partial charge is 0.200 e. The first-order valence-corrected chi connectivity index (χ1v) is 6.60. The van der Waals surface area contributed by atoms with Gasteiger partial charge in [0.15, 0.2) is 5.76 Å². The third kappa shape index (κ3) is 4.12. The molecule has 1 aliphatic rings. The molecule has 1 aromatic heterocycles. The molecule has 0 saturated heterocycles. The van der Waals surface area contributed by atoms with Crippen molar-refractivity contribution in [3.05, 3.63) is 66.4 Å². The van der Waals surface area contributed by atoms with Crippen molar-refractivity contribution in [3.8, 4) is 0 Å². The van der Waals surface area contributed by atoms with Crippen LogP contribution in [0.1, 0.15) is 19.1 Å². The number of Topliss-reactive ketones (excluding diaryl/α,β-unsaturated/α-hetero) is 1. The Morgan fingerprint density at radius 3 is 3.00 bits per heavy atom. The van der Waals surface area contributed by atoms with E-state index in [9.17, 15) is 4.79 Å². The average Bonchev–Trinajstić information content (AvgIpc) is 3.07. The highest BCUT2D eigenvalue weighted by atomic mass is 16.5. The molecule has 2 heterocycles. The van der Waals surface area contributed by atoms with Crippen LogP contribution in [0, 0.1) is 5.92 Å². The maximum Gasteiger partial charge on any atom is 0.200 e. The van der Waals surface area contributed by atoms with Crippen LogP contribution >= 0.6 is 0 Å². The monoisotopic (exact) mass is 270 g/mol. The Bertz CT molecular complexity index is 559. The van der Waals surface area contributed by atoms with E-state index in [0.29, 0.717) is 24.7 Å². The molecule has 3 nitrogen and oxygen atoms in total. The third-order valence-corrected chi connectivity index (χ3v) is 2.85. The Hall–Kier alpha value is -2.29. The fourth-order valence-corrected chi connectivity index (χ4v) is 1.80. The molecule has 0 bridgehead atoms. The van der Waals surface area contributed by atoms with Gasteiger partial charge in [0.1, 0.15) is 5.76 Å². The normalized spacial score (nSPS) is 18.4. The van der Waals surface area contributed by atoms with E-state index in [-0.39, 0.29) is 5.78 Å². The van der Waals surface area contributed by atoms with Gasteiger partial charge in [-0.3, -0.25) is 4.79 Å². The van der Waals surface area contributed by atoms with Crippen molar-refractivity contribution in [2.75, 3.05) is 6.61 Å². The van der Waals surface area contributed by atoms with Gasteiger partial charge in [-0.1, -0.05) is 31.7 Å². The molecule has 1 atom stereocenters. The summed E-state index contributed by atoms with van der Waals surface area (Å²) in [6.45, 7) is 6.51. The van der Waals surface area contributed by atoms with Crippen molar-refractivity contribution in [2.24, 2.45) is 5.92 Å². The molecule has 3 heteroatoms. The summed E-state index contributed by atoms with van der Waals surface area (Å²) < 4.78 is 10.5. The molecule has 20 heavy (non-hydrogen) atoms. The van der Waals surface area contributed by atoms with Crippen molar-refractivity contribution in [1.29, 1.82) is 0 Å². The van der Waals surface area contributed by atoms with Gasteiger partial charge in [0, 0.05) is 12.3 Å². The van der Waals surface area contributed by atoms with Crippen molar-refractivity contribution in [3.63, 3.8) is 0 Å². The summed E-state index contributed by atoms with van der Waals surface area (Å²) in [5, 5.41) is 0. The molecule has 104 valence electrons. The Morgan fingerprint density at radius 2 is 2.35 bits per heavy atom. The van der Waals surface area contributed by atoms with E-state index < -0.39 is 0 Å². The van der Waals surface area contributed by atoms with Gasteiger partial charge in [0.05, 0.1) is 12.9 Å². The fourth-order valence-electron chi connectivity index (χ4n) is 1.80. The average molecular weight is 270 g/mol. The molecule has 0 fully saturated rings. The Labute approximate surface area is 118 Å². The largest absolute Gasteiger partial charge is 0.490 e. The van der Waals surface area contributed by atoms with E-state index in [4.69, 9.17) is 9.15 Å². The van der Waals surface area contributed by atoms with Crippen molar-refractivity contribution >= 4 is 11.9 Å². The van der Waals surface area contributed by atoms with Crippen LogP contribution in [0.25, 0.3) is 6.08 Å². The number of carbonyl (C=O) groups is 1. The van der Waals surface area contributed by atoms with Gasteiger partial charge >= 0.3 is 0 Å². The quantitative estimate of drug-likeness (QED) is 0.736. The molecule has 1 aliphatic heterocycles. The van der Waals surface area contributed by atoms with Gasteiger partial charge in [0.2, 0.25) is 5.78 Å². The highest BCUT2D eigenvalue weighted by Crippen LogP contribution is 2.17. The maximum absolute atomic E-state index is 11.8. The maximum atomic E-state index is 11.8. The molecule has 0 saturated carbocycles. The number of hydrogen-bond acceptors (Lipinski definition) is 3. The summed E-state index contributed by atoms with van der Waals surface area (Å²) in [4.78, 5) is 11.8. The molecule has 0 aliphatic carbocycles. The van der Waals surface area contributed by atoms with Gasteiger partial charge in [0.25, 0.3) is 0 Å². The highest BCUT2D eigenvalue weighted by molar-refractivity contribution is 5.94. The first-order valence-electron chi connectivity index (χ1n) is 6.60. The van der Waals surface area contributed by atoms with Crippen LogP contribution in [-0.4, -0.2) is 12.4 Å². The summed E-state index contributed by atoms with van der Waals surface area (Å²) in [5.41, 5.74) is 0.809. The standard InChI is InChI=1S/C17H18O3/c1-13(8-9-15-6-4-10-19-15)5-3-7-16(18)17-11-14(2)12-20-17/h3-6,8-11,14H,1,7,12H2,2H3/b5-3-,9-8+. The minimum atomic E-state index is 0.00779. The summed E-state index contributed by atoms with van der Waals surface area (Å²) >= 11 is 0. The van der Waals surface area contributed by atoms with Crippen molar-refractivity contribution in [1.82, 2.24) is 0 Å². The Balaban J connectivity index is 1.80. The second-order valence-electron chi connectivity index (χ2n) is 4.77. The molecule has 0 spiro atoms. The first-order chi connectivity index (χ1) is 9.65. The number of rotatable bonds is 6. The van der Waals surface area contributed by atoms with Crippen LogP contribution in [0.4, 0.5) is 0 Å². The van der Waals surface area contributed by atoms with E-state index in [1.807, 2.05) is 43.4 Å². The summed E-state index contributed by atoms with van der Waals surface area (Å²) in [6.07, 6.45) is 11.1. The zero-order valence-electron chi connectivity index (χ0n) is 11.5. The molecular weight excluding hydrogens is 252 g/mol. The molecule has 1 aromatic rings. The second kappa shape index (κ2) is 6.75. The Morgan fingerprint density at radius 1 is 1.50 bits per heavy atom. The van der Waals surface area contributed by atoms with E-state index in [1.165, 1.54) is 0 Å². The number of ketones is 1. The summed E-state index contributed by atoms with van der Waals surface area (Å²) in [7, 11) is 0. The van der Waals surface area contributed by atoms with Crippen molar-refractivity contribution < 1.29 is 13.9 Å².